The number of aryl methyl sites for hydroxylation is 1. The van der Waals surface area contributed by atoms with Gasteiger partial charge >= 0.3 is 0 Å². The van der Waals surface area contributed by atoms with Crippen molar-refractivity contribution in [3.63, 3.8) is 0 Å². The Bertz CT molecular complexity index is 687. The van der Waals surface area contributed by atoms with Crippen LogP contribution in [0.1, 0.15) is 44.2 Å². The molecule has 0 saturated carbocycles. The first-order chi connectivity index (χ1) is 11.0. The van der Waals surface area contributed by atoms with Gasteiger partial charge in [0.25, 0.3) is 0 Å². The van der Waals surface area contributed by atoms with Crippen LogP contribution in [-0.4, -0.2) is 17.1 Å². The molecule has 4 N–H and O–H groups in total. The van der Waals surface area contributed by atoms with E-state index in [1.54, 1.807) is 7.11 Å². The molecule has 1 aromatic heterocycles. The lowest BCUT2D eigenvalue weighted by molar-refractivity contribution is 0.405. The van der Waals surface area contributed by atoms with Gasteiger partial charge in [-0.2, -0.15) is 4.98 Å². The quantitative estimate of drug-likeness (QED) is 0.846. The van der Waals surface area contributed by atoms with Gasteiger partial charge in [0.1, 0.15) is 11.5 Å². The maximum Gasteiger partial charge on any atom is 0.222 e. The van der Waals surface area contributed by atoms with Crippen LogP contribution in [0.2, 0.25) is 0 Å². The molecule has 0 unspecified atom stereocenters. The maximum absolute atomic E-state index is 5.98. The summed E-state index contributed by atoms with van der Waals surface area (Å²) < 4.78 is 11.5. The van der Waals surface area contributed by atoms with E-state index in [4.69, 9.17) is 20.9 Å². The Kier molecular flexibility index (Phi) is 5.26. The van der Waals surface area contributed by atoms with Gasteiger partial charge in [0.2, 0.25) is 5.95 Å². The van der Waals surface area contributed by atoms with Crippen LogP contribution in [-0.2, 0) is 6.42 Å². The first kappa shape index (κ1) is 16.9. The number of rotatable bonds is 6. The fraction of sp³-hybridized carbons (Fsp3) is 0.412. The molecular weight excluding hydrogens is 292 g/mol. The molecule has 0 saturated heterocycles. The molecule has 0 bridgehead atoms. The van der Waals surface area contributed by atoms with Crippen LogP contribution < -0.4 is 20.9 Å². The fourth-order valence-electron chi connectivity index (χ4n) is 2.41. The van der Waals surface area contributed by atoms with Crippen molar-refractivity contribution in [1.29, 1.82) is 0 Å². The Morgan fingerprint density at radius 1 is 1.13 bits per heavy atom. The molecule has 124 valence electrons. The molecule has 0 fully saturated rings. The molecule has 0 spiro atoms. The summed E-state index contributed by atoms with van der Waals surface area (Å²) in [5.41, 5.74) is 13.5. The molecule has 0 aliphatic carbocycles. The summed E-state index contributed by atoms with van der Waals surface area (Å²) in [6.07, 6.45) is 3.42. The predicted octanol–water partition coefficient (Wildman–Crippen LogP) is 3.52. The second-order valence-electron chi connectivity index (χ2n) is 5.69. The van der Waals surface area contributed by atoms with E-state index in [9.17, 15) is 0 Å². The van der Waals surface area contributed by atoms with E-state index in [0.717, 1.165) is 35.5 Å². The van der Waals surface area contributed by atoms with Crippen molar-refractivity contribution in [2.75, 3.05) is 18.6 Å². The number of nitrogens with two attached hydrogens (primary N) is 2. The molecule has 0 aliphatic rings. The molecule has 0 aliphatic heterocycles. The molecule has 6 heteroatoms. The molecule has 0 atom stereocenters. The van der Waals surface area contributed by atoms with Gasteiger partial charge in [-0.1, -0.05) is 27.2 Å². The lowest BCUT2D eigenvalue weighted by Crippen LogP contribution is -2.04. The molecule has 2 rings (SSSR count). The van der Waals surface area contributed by atoms with Crippen molar-refractivity contribution in [2.45, 2.75) is 39.5 Å². The van der Waals surface area contributed by atoms with Crippen molar-refractivity contribution in [3.05, 3.63) is 29.5 Å². The van der Waals surface area contributed by atoms with E-state index in [2.05, 4.69) is 30.7 Å². The van der Waals surface area contributed by atoms with Crippen LogP contribution in [0.15, 0.2) is 18.3 Å². The van der Waals surface area contributed by atoms with Gasteiger partial charge in [-0.3, -0.25) is 0 Å². The van der Waals surface area contributed by atoms with E-state index in [1.165, 1.54) is 6.20 Å². The van der Waals surface area contributed by atoms with Gasteiger partial charge in [-0.15, -0.1) is 0 Å². The van der Waals surface area contributed by atoms with Crippen LogP contribution in [0.25, 0.3) is 0 Å². The minimum absolute atomic E-state index is 0.125. The maximum atomic E-state index is 5.98. The first-order valence-corrected chi connectivity index (χ1v) is 7.72. The van der Waals surface area contributed by atoms with Crippen molar-refractivity contribution in [2.24, 2.45) is 0 Å². The zero-order chi connectivity index (χ0) is 17.0. The highest BCUT2D eigenvalue weighted by Gasteiger charge is 2.16. The summed E-state index contributed by atoms with van der Waals surface area (Å²) in [5.74, 6) is 2.63. The second kappa shape index (κ2) is 7.17. The second-order valence-corrected chi connectivity index (χ2v) is 5.69. The van der Waals surface area contributed by atoms with Gasteiger partial charge in [0, 0.05) is 5.56 Å². The SMILES string of the molecule is CCCc1cc(Oc2cnc(N)nc2N)c(C(C)C)cc1OC. The standard InChI is InChI=1S/C17H24N4O2/c1-5-6-11-7-14(12(10(2)3)8-13(11)22-4)23-15-9-20-17(19)21-16(15)18/h7-10H,5-6H2,1-4H3,(H4,18,19,20,21). The summed E-state index contributed by atoms with van der Waals surface area (Å²) in [6, 6.07) is 4.03. The lowest BCUT2D eigenvalue weighted by atomic mass is 9.98. The summed E-state index contributed by atoms with van der Waals surface area (Å²) >= 11 is 0. The highest BCUT2D eigenvalue weighted by molar-refractivity contribution is 5.53. The van der Waals surface area contributed by atoms with Crippen molar-refractivity contribution in [3.8, 4) is 17.2 Å². The largest absolute Gasteiger partial charge is 0.496 e. The minimum atomic E-state index is 0.125. The van der Waals surface area contributed by atoms with E-state index in [0.29, 0.717) is 5.75 Å². The van der Waals surface area contributed by atoms with Crippen LogP contribution in [0.3, 0.4) is 0 Å². The predicted molar refractivity (Wildman–Crippen MR) is 92.0 cm³/mol. The molecule has 1 heterocycles. The molecule has 6 nitrogen and oxygen atoms in total. The number of nitrogen functional groups attached to an aromatic ring is 2. The van der Waals surface area contributed by atoms with Crippen molar-refractivity contribution >= 4 is 11.8 Å². The Morgan fingerprint density at radius 3 is 2.43 bits per heavy atom. The average molecular weight is 316 g/mol. The zero-order valence-corrected chi connectivity index (χ0v) is 14.1. The number of hydrogen-bond acceptors (Lipinski definition) is 6. The van der Waals surface area contributed by atoms with E-state index in [-0.39, 0.29) is 17.7 Å². The van der Waals surface area contributed by atoms with E-state index < -0.39 is 0 Å². The molecule has 2 aromatic rings. The highest BCUT2D eigenvalue weighted by Crippen LogP contribution is 2.37. The Labute approximate surface area is 136 Å². The monoisotopic (exact) mass is 316 g/mol. The van der Waals surface area contributed by atoms with Gasteiger partial charge in [0.05, 0.1) is 13.3 Å². The van der Waals surface area contributed by atoms with E-state index in [1.807, 2.05) is 12.1 Å². The van der Waals surface area contributed by atoms with Gasteiger partial charge in [-0.05, 0) is 30.0 Å². The zero-order valence-electron chi connectivity index (χ0n) is 14.1. The summed E-state index contributed by atoms with van der Waals surface area (Å²) in [6.45, 7) is 6.33. The number of nitrogens with zero attached hydrogens (tertiary/aromatic N) is 2. The third-order valence-corrected chi connectivity index (χ3v) is 3.58. The lowest BCUT2D eigenvalue weighted by Gasteiger charge is -2.18. The molecule has 0 amide bonds. The van der Waals surface area contributed by atoms with Crippen molar-refractivity contribution in [1.82, 2.24) is 9.97 Å². The molecule has 0 radical (unpaired) electrons. The summed E-state index contributed by atoms with van der Waals surface area (Å²) in [7, 11) is 1.69. The Morgan fingerprint density at radius 2 is 1.87 bits per heavy atom. The third kappa shape index (κ3) is 3.83. The summed E-state index contributed by atoms with van der Waals surface area (Å²) in [4.78, 5) is 7.87. The van der Waals surface area contributed by atoms with Crippen LogP contribution >= 0.6 is 0 Å². The molecular formula is C17H24N4O2. The van der Waals surface area contributed by atoms with Crippen LogP contribution in [0.5, 0.6) is 17.2 Å². The first-order valence-electron chi connectivity index (χ1n) is 7.72. The minimum Gasteiger partial charge on any atom is -0.496 e. The number of anilines is 2. The number of aromatic nitrogens is 2. The fourth-order valence-corrected chi connectivity index (χ4v) is 2.41. The number of ether oxygens (including phenoxy) is 2. The van der Waals surface area contributed by atoms with Gasteiger partial charge in [-0.25, -0.2) is 4.98 Å². The molecule has 23 heavy (non-hydrogen) atoms. The Hall–Kier alpha value is -2.50. The Balaban J connectivity index is 2.48. The number of benzene rings is 1. The van der Waals surface area contributed by atoms with Crippen LogP contribution in [0, 0.1) is 0 Å². The van der Waals surface area contributed by atoms with E-state index >= 15 is 0 Å². The van der Waals surface area contributed by atoms with Gasteiger partial charge in [0.15, 0.2) is 11.6 Å². The highest BCUT2D eigenvalue weighted by atomic mass is 16.5. The average Bonchev–Trinajstić information content (AvgIpc) is 2.50. The molecule has 1 aromatic carbocycles. The smallest absolute Gasteiger partial charge is 0.222 e. The van der Waals surface area contributed by atoms with Gasteiger partial charge < -0.3 is 20.9 Å². The number of hydrogen-bond donors (Lipinski definition) is 2. The topological polar surface area (TPSA) is 96.3 Å². The number of methoxy groups -OCH3 is 1. The van der Waals surface area contributed by atoms with Crippen molar-refractivity contribution < 1.29 is 9.47 Å². The third-order valence-electron chi connectivity index (χ3n) is 3.58. The van der Waals surface area contributed by atoms with Crippen LogP contribution in [0.4, 0.5) is 11.8 Å². The normalized spacial score (nSPS) is 10.8. The summed E-state index contributed by atoms with van der Waals surface area (Å²) in [5, 5.41) is 0.